The number of hydrogen-bond donors (Lipinski definition) is 1. The summed E-state index contributed by atoms with van der Waals surface area (Å²) in [7, 11) is -3.09. The topological polar surface area (TPSA) is 74.7 Å². The van der Waals surface area contributed by atoms with Crippen LogP contribution in [0.4, 0.5) is 0 Å². The minimum absolute atomic E-state index is 0.0445. The summed E-state index contributed by atoms with van der Waals surface area (Å²) < 4.78 is 23.5. The second-order valence-corrected chi connectivity index (χ2v) is 8.11. The van der Waals surface area contributed by atoms with E-state index in [4.69, 9.17) is 0 Å². The van der Waals surface area contributed by atoms with Crippen molar-refractivity contribution < 1.29 is 18.3 Å². The molecule has 106 valence electrons. The van der Waals surface area contributed by atoms with Crippen molar-refractivity contribution in [3.63, 3.8) is 0 Å². The van der Waals surface area contributed by atoms with Gasteiger partial charge in [-0.3, -0.25) is 9.69 Å². The van der Waals surface area contributed by atoms with Gasteiger partial charge in [0.2, 0.25) is 0 Å². The maximum Gasteiger partial charge on any atom is 0.320 e. The number of piperidine rings is 1. The SMILES string of the molecule is CC1CCN(CCS(=O)(=O)C(C)C)C(C(=O)O)C1. The zero-order valence-electron chi connectivity index (χ0n) is 11.3. The van der Waals surface area contributed by atoms with E-state index in [0.29, 0.717) is 25.4 Å². The third-order valence-corrected chi connectivity index (χ3v) is 5.83. The molecule has 0 aromatic rings. The summed E-state index contributed by atoms with van der Waals surface area (Å²) in [5.41, 5.74) is 0. The molecule has 0 amide bonds. The number of carboxylic acids is 1. The first-order valence-corrected chi connectivity index (χ1v) is 8.14. The van der Waals surface area contributed by atoms with Gasteiger partial charge < -0.3 is 5.11 Å². The fraction of sp³-hybridized carbons (Fsp3) is 0.917. The number of aliphatic carboxylic acids is 1. The molecule has 0 aliphatic carbocycles. The maximum atomic E-state index is 11.7. The average molecular weight is 277 g/mol. The number of sulfone groups is 1. The van der Waals surface area contributed by atoms with Crippen LogP contribution in [-0.2, 0) is 14.6 Å². The van der Waals surface area contributed by atoms with Crippen molar-refractivity contribution in [1.82, 2.24) is 4.90 Å². The van der Waals surface area contributed by atoms with Crippen molar-refractivity contribution in [2.24, 2.45) is 5.92 Å². The summed E-state index contributed by atoms with van der Waals surface area (Å²) in [6.07, 6.45) is 1.54. The van der Waals surface area contributed by atoms with Crippen LogP contribution in [0.1, 0.15) is 33.6 Å². The average Bonchev–Trinajstić information content (AvgIpc) is 2.27. The predicted octanol–water partition coefficient (Wildman–Crippen LogP) is 0.995. The van der Waals surface area contributed by atoms with Gasteiger partial charge in [0.15, 0.2) is 9.84 Å². The van der Waals surface area contributed by atoms with Gasteiger partial charge in [-0.15, -0.1) is 0 Å². The molecule has 0 radical (unpaired) electrons. The number of hydrogen-bond acceptors (Lipinski definition) is 4. The van der Waals surface area contributed by atoms with E-state index in [2.05, 4.69) is 0 Å². The number of likely N-dealkylation sites (tertiary alicyclic amines) is 1. The second-order valence-electron chi connectivity index (χ2n) is 5.44. The van der Waals surface area contributed by atoms with Crippen molar-refractivity contribution >= 4 is 15.8 Å². The van der Waals surface area contributed by atoms with Crippen LogP contribution in [0.3, 0.4) is 0 Å². The van der Waals surface area contributed by atoms with Crippen molar-refractivity contribution in [3.8, 4) is 0 Å². The highest BCUT2D eigenvalue weighted by Gasteiger charge is 2.32. The molecule has 0 aromatic heterocycles. The molecule has 1 N–H and O–H groups in total. The zero-order valence-corrected chi connectivity index (χ0v) is 12.1. The summed E-state index contributed by atoms with van der Waals surface area (Å²) in [5.74, 6) is -0.407. The zero-order chi connectivity index (χ0) is 13.9. The van der Waals surface area contributed by atoms with E-state index < -0.39 is 27.1 Å². The molecular formula is C12H23NO4S. The molecule has 0 saturated carbocycles. The third kappa shape index (κ3) is 3.95. The van der Waals surface area contributed by atoms with Gasteiger partial charge in [-0.05, 0) is 39.2 Å². The van der Waals surface area contributed by atoms with E-state index in [9.17, 15) is 18.3 Å². The van der Waals surface area contributed by atoms with E-state index in [-0.39, 0.29) is 5.75 Å². The Kier molecular flexibility index (Phi) is 5.16. The lowest BCUT2D eigenvalue weighted by atomic mass is 9.92. The summed E-state index contributed by atoms with van der Waals surface area (Å²) in [6.45, 7) is 6.35. The van der Waals surface area contributed by atoms with Crippen molar-refractivity contribution in [2.75, 3.05) is 18.8 Å². The molecular weight excluding hydrogens is 254 g/mol. The first-order chi connectivity index (χ1) is 8.24. The van der Waals surface area contributed by atoms with E-state index in [1.807, 2.05) is 6.92 Å². The Morgan fingerprint density at radius 2 is 2.06 bits per heavy atom. The quantitative estimate of drug-likeness (QED) is 0.811. The van der Waals surface area contributed by atoms with E-state index in [1.54, 1.807) is 18.7 Å². The molecule has 18 heavy (non-hydrogen) atoms. The van der Waals surface area contributed by atoms with Crippen LogP contribution in [0.25, 0.3) is 0 Å². The highest BCUT2D eigenvalue weighted by Crippen LogP contribution is 2.22. The molecule has 1 aliphatic heterocycles. The van der Waals surface area contributed by atoms with Crippen molar-refractivity contribution in [3.05, 3.63) is 0 Å². The van der Waals surface area contributed by atoms with Crippen LogP contribution < -0.4 is 0 Å². The van der Waals surface area contributed by atoms with Crippen LogP contribution in [0, 0.1) is 5.92 Å². The van der Waals surface area contributed by atoms with Gasteiger partial charge in [-0.2, -0.15) is 0 Å². The van der Waals surface area contributed by atoms with Gasteiger partial charge in [-0.1, -0.05) is 6.92 Å². The van der Waals surface area contributed by atoms with E-state index in [0.717, 1.165) is 6.42 Å². The fourth-order valence-corrected chi connectivity index (χ4v) is 3.16. The lowest BCUT2D eigenvalue weighted by molar-refractivity contribution is -0.145. The molecule has 2 unspecified atom stereocenters. The summed E-state index contributed by atoms with van der Waals surface area (Å²) in [4.78, 5) is 13.0. The number of carboxylic acid groups (broad SMARTS) is 1. The van der Waals surface area contributed by atoms with Crippen LogP contribution in [0.5, 0.6) is 0 Å². The van der Waals surface area contributed by atoms with Gasteiger partial charge >= 0.3 is 5.97 Å². The standard InChI is InChI=1S/C12H23NO4S/c1-9(2)18(16,17)7-6-13-5-4-10(3)8-11(13)12(14)15/h9-11H,4-8H2,1-3H3,(H,14,15). The van der Waals surface area contributed by atoms with Crippen LogP contribution in [-0.4, -0.2) is 54.5 Å². The second kappa shape index (κ2) is 6.02. The third-order valence-electron chi connectivity index (χ3n) is 3.64. The Labute approximate surface area is 109 Å². The summed E-state index contributed by atoms with van der Waals surface area (Å²) >= 11 is 0. The van der Waals surface area contributed by atoms with Crippen molar-refractivity contribution in [2.45, 2.75) is 44.9 Å². The lowest BCUT2D eigenvalue weighted by Gasteiger charge is -2.35. The minimum Gasteiger partial charge on any atom is -0.480 e. The van der Waals surface area contributed by atoms with Gasteiger partial charge in [0.25, 0.3) is 0 Å². The van der Waals surface area contributed by atoms with Crippen LogP contribution in [0.15, 0.2) is 0 Å². The summed E-state index contributed by atoms with van der Waals surface area (Å²) in [6, 6.07) is -0.531. The number of rotatable bonds is 5. The molecule has 1 aliphatic rings. The minimum atomic E-state index is -3.09. The molecule has 1 saturated heterocycles. The Morgan fingerprint density at radius 3 is 2.56 bits per heavy atom. The Bertz CT molecular complexity index is 391. The first-order valence-electron chi connectivity index (χ1n) is 6.42. The molecule has 0 aromatic carbocycles. The highest BCUT2D eigenvalue weighted by molar-refractivity contribution is 7.92. The Balaban J connectivity index is 2.62. The molecule has 1 rings (SSSR count). The summed E-state index contributed by atoms with van der Waals surface area (Å²) in [5, 5.41) is 8.78. The van der Waals surface area contributed by atoms with Gasteiger partial charge in [0, 0.05) is 6.54 Å². The van der Waals surface area contributed by atoms with Crippen LogP contribution in [0.2, 0.25) is 0 Å². The Hall–Kier alpha value is -0.620. The lowest BCUT2D eigenvalue weighted by Crippen LogP contribution is -2.48. The largest absolute Gasteiger partial charge is 0.480 e. The normalized spacial score (nSPS) is 26.4. The first kappa shape index (κ1) is 15.4. The maximum absolute atomic E-state index is 11.7. The van der Waals surface area contributed by atoms with Gasteiger partial charge in [0.1, 0.15) is 6.04 Å². The molecule has 2 atom stereocenters. The smallest absolute Gasteiger partial charge is 0.320 e. The number of nitrogens with zero attached hydrogens (tertiary/aromatic N) is 1. The molecule has 1 heterocycles. The molecule has 0 spiro atoms. The fourth-order valence-electron chi connectivity index (χ4n) is 2.19. The van der Waals surface area contributed by atoms with Gasteiger partial charge in [-0.25, -0.2) is 8.42 Å². The van der Waals surface area contributed by atoms with E-state index >= 15 is 0 Å². The monoisotopic (exact) mass is 277 g/mol. The van der Waals surface area contributed by atoms with Gasteiger partial charge in [0.05, 0.1) is 11.0 Å². The number of carbonyl (C=O) groups is 1. The van der Waals surface area contributed by atoms with E-state index in [1.165, 1.54) is 0 Å². The molecule has 6 heteroatoms. The Morgan fingerprint density at radius 1 is 1.44 bits per heavy atom. The molecule has 0 bridgehead atoms. The highest BCUT2D eigenvalue weighted by atomic mass is 32.2. The molecule has 5 nitrogen and oxygen atoms in total. The van der Waals surface area contributed by atoms with Crippen molar-refractivity contribution in [1.29, 1.82) is 0 Å². The molecule has 1 fully saturated rings. The van der Waals surface area contributed by atoms with Crippen LogP contribution >= 0.6 is 0 Å². The predicted molar refractivity (Wildman–Crippen MR) is 70.3 cm³/mol.